The van der Waals surface area contributed by atoms with Crippen LogP contribution in [0.15, 0.2) is 11.2 Å². The molecule has 9 heteroatoms. The number of hydrogen-bond donors (Lipinski definition) is 1. The van der Waals surface area contributed by atoms with Crippen molar-refractivity contribution < 1.29 is 13.2 Å². The lowest BCUT2D eigenvalue weighted by Crippen LogP contribution is -2.38. The van der Waals surface area contributed by atoms with Crippen molar-refractivity contribution in [3.8, 4) is 0 Å². The van der Waals surface area contributed by atoms with Crippen molar-refractivity contribution in [2.75, 3.05) is 13.1 Å². The molecule has 1 aliphatic rings. The van der Waals surface area contributed by atoms with Crippen molar-refractivity contribution in [2.24, 2.45) is 17.8 Å². The Kier molecular flexibility index (Phi) is 6.95. The molecular formula is C13H21F3IN5. The highest BCUT2D eigenvalue weighted by Crippen LogP contribution is 2.30. The van der Waals surface area contributed by atoms with Crippen LogP contribution in [0.4, 0.5) is 13.2 Å². The zero-order valence-electron chi connectivity index (χ0n) is 12.4. The number of nitrogens with zero attached hydrogens (tertiary/aromatic N) is 4. The van der Waals surface area contributed by atoms with Gasteiger partial charge in [-0.15, -0.1) is 24.0 Å². The largest absolute Gasteiger partial charge is 0.435 e. The molecule has 5 nitrogen and oxygen atoms in total. The molecule has 0 aromatic carbocycles. The highest BCUT2D eigenvalue weighted by Gasteiger charge is 2.36. The fourth-order valence-electron chi connectivity index (χ4n) is 2.46. The minimum absolute atomic E-state index is 0. The molecule has 1 aromatic heterocycles. The van der Waals surface area contributed by atoms with E-state index in [9.17, 15) is 13.2 Å². The molecule has 22 heavy (non-hydrogen) atoms. The van der Waals surface area contributed by atoms with E-state index < -0.39 is 11.9 Å². The zero-order valence-corrected chi connectivity index (χ0v) is 14.8. The predicted molar refractivity (Wildman–Crippen MR) is 89.0 cm³/mol. The maximum atomic E-state index is 12.8. The fraction of sp³-hybridized carbons (Fsp3) is 0.692. The first-order valence-corrected chi connectivity index (χ1v) is 7.02. The molecule has 0 aliphatic carbocycles. The van der Waals surface area contributed by atoms with E-state index in [2.05, 4.69) is 10.1 Å². The Balaban J connectivity index is 0.00000242. The van der Waals surface area contributed by atoms with Crippen molar-refractivity contribution in [2.45, 2.75) is 38.4 Å². The number of hydrogen-bond acceptors (Lipinski definition) is 2. The molecule has 0 unspecified atom stereocenters. The normalized spacial score (nSPS) is 17.1. The molecule has 0 radical (unpaired) electrons. The summed E-state index contributed by atoms with van der Waals surface area (Å²) in [4.78, 5) is 6.06. The summed E-state index contributed by atoms with van der Waals surface area (Å²) in [5.41, 5.74) is 5.05. The maximum absolute atomic E-state index is 12.8. The van der Waals surface area contributed by atoms with Gasteiger partial charge in [0.05, 0.1) is 6.54 Å². The van der Waals surface area contributed by atoms with Crippen LogP contribution in [0.25, 0.3) is 0 Å². The van der Waals surface area contributed by atoms with Crippen molar-refractivity contribution in [3.63, 3.8) is 0 Å². The average Bonchev–Trinajstić information content (AvgIpc) is 2.63. The number of halogens is 4. The van der Waals surface area contributed by atoms with Crippen molar-refractivity contribution in [3.05, 3.63) is 17.5 Å². The quantitative estimate of drug-likeness (QED) is 0.445. The molecule has 126 valence electrons. The first-order valence-electron chi connectivity index (χ1n) is 7.02. The van der Waals surface area contributed by atoms with Gasteiger partial charge in [0.15, 0.2) is 11.7 Å². The molecular weight excluding hydrogens is 410 g/mol. The third-order valence-electron chi connectivity index (χ3n) is 3.51. The first kappa shape index (κ1) is 19.0. The summed E-state index contributed by atoms with van der Waals surface area (Å²) < 4.78 is 39.6. The molecule has 1 aliphatic heterocycles. The molecule has 1 aromatic rings. The highest BCUT2D eigenvalue weighted by molar-refractivity contribution is 14.0. The van der Waals surface area contributed by atoms with Gasteiger partial charge in [0.1, 0.15) is 0 Å². The van der Waals surface area contributed by atoms with Crippen LogP contribution in [0.5, 0.6) is 0 Å². The minimum atomic E-state index is -4.47. The van der Waals surface area contributed by atoms with Gasteiger partial charge in [-0.25, -0.2) is 4.99 Å². The third kappa shape index (κ3) is 5.03. The van der Waals surface area contributed by atoms with Crippen LogP contribution in [0.2, 0.25) is 0 Å². The Labute approximate surface area is 144 Å². The van der Waals surface area contributed by atoms with Gasteiger partial charge >= 0.3 is 6.18 Å². The summed E-state index contributed by atoms with van der Waals surface area (Å²) in [6.45, 7) is 1.52. The summed E-state index contributed by atoms with van der Waals surface area (Å²) in [6.07, 6.45) is 1.26. The van der Waals surface area contributed by atoms with Crippen LogP contribution >= 0.6 is 24.0 Å². The van der Waals surface area contributed by atoms with Crippen LogP contribution in [0, 0.1) is 0 Å². The Morgan fingerprint density at radius 1 is 1.27 bits per heavy atom. The van der Waals surface area contributed by atoms with Crippen molar-refractivity contribution >= 4 is 29.9 Å². The number of aromatic nitrogens is 2. The number of aryl methyl sites for hydroxylation is 1. The first-order chi connectivity index (χ1) is 9.88. The smallest absolute Gasteiger partial charge is 0.370 e. The molecule has 2 rings (SSSR count). The van der Waals surface area contributed by atoms with Crippen molar-refractivity contribution in [1.29, 1.82) is 0 Å². The number of nitrogens with two attached hydrogens (primary N) is 1. The predicted octanol–water partition coefficient (Wildman–Crippen LogP) is 2.75. The van der Waals surface area contributed by atoms with Gasteiger partial charge in [-0.05, 0) is 12.8 Å². The number of guanidine groups is 1. The van der Waals surface area contributed by atoms with Gasteiger partial charge in [0, 0.05) is 31.9 Å². The summed E-state index contributed by atoms with van der Waals surface area (Å²) >= 11 is 0. The van der Waals surface area contributed by atoms with E-state index in [1.807, 2.05) is 4.90 Å². The van der Waals surface area contributed by atoms with E-state index in [0.717, 1.165) is 43.5 Å². The summed E-state index contributed by atoms with van der Waals surface area (Å²) in [7, 11) is 1.46. The monoisotopic (exact) mass is 431 g/mol. The van der Waals surface area contributed by atoms with Crippen LogP contribution in [0.1, 0.15) is 36.9 Å². The average molecular weight is 431 g/mol. The molecule has 1 fully saturated rings. The van der Waals surface area contributed by atoms with Gasteiger partial charge < -0.3 is 10.6 Å². The number of aliphatic imine (C=N–C) groups is 1. The Morgan fingerprint density at radius 2 is 1.86 bits per heavy atom. The van der Waals surface area contributed by atoms with Crippen LogP contribution in [0.3, 0.4) is 0 Å². The van der Waals surface area contributed by atoms with E-state index in [4.69, 9.17) is 5.73 Å². The number of alkyl halides is 3. The summed E-state index contributed by atoms with van der Waals surface area (Å²) in [6, 6.07) is 0. The topological polar surface area (TPSA) is 59.4 Å². The second kappa shape index (κ2) is 8.02. The maximum Gasteiger partial charge on any atom is 0.435 e. The molecule has 0 spiro atoms. The Hall–Kier alpha value is -1.00. The SMILES string of the molecule is Cn1cc(CN=C(N)N2CCCCCC2)c(C(F)(F)F)n1.I. The second-order valence-corrected chi connectivity index (χ2v) is 5.25. The Morgan fingerprint density at radius 3 is 2.41 bits per heavy atom. The van der Waals surface area contributed by atoms with E-state index in [1.165, 1.54) is 13.2 Å². The highest BCUT2D eigenvalue weighted by atomic mass is 127. The van der Waals surface area contributed by atoms with E-state index in [-0.39, 0.29) is 36.1 Å². The van der Waals surface area contributed by atoms with Gasteiger partial charge in [0.2, 0.25) is 0 Å². The molecule has 0 bridgehead atoms. The molecule has 1 saturated heterocycles. The van der Waals surface area contributed by atoms with Crippen LogP contribution in [-0.4, -0.2) is 33.7 Å². The molecule has 0 atom stereocenters. The van der Waals surface area contributed by atoms with Crippen LogP contribution in [-0.2, 0) is 19.8 Å². The van der Waals surface area contributed by atoms with Gasteiger partial charge in [0.25, 0.3) is 0 Å². The van der Waals surface area contributed by atoms with Gasteiger partial charge in [-0.2, -0.15) is 18.3 Å². The number of likely N-dealkylation sites (tertiary alicyclic amines) is 1. The molecule has 0 amide bonds. The second-order valence-electron chi connectivity index (χ2n) is 5.25. The number of rotatable bonds is 2. The van der Waals surface area contributed by atoms with E-state index in [1.54, 1.807) is 0 Å². The standard InChI is InChI=1S/C13H20F3N5.HI/c1-20-9-10(11(19-20)13(14,15)16)8-18-12(17)21-6-4-2-3-5-7-21;/h9H,2-8H2,1H3,(H2,17,18);1H. The molecule has 2 N–H and O–H groups in total. The van der Waals surface area contributed by atoms with E-state index in [0.29, 0.717) is 5.96 Å². The van der Waals surface area contributed by atoms with Crippen LogP contribution < -0.4 is 5.73 Å². The summed E-state index contributed by atoms with van der Waals surface area (Å²) in [5, 5.41) is 3.46. The van der Waals surface area contributed by atoms with Gasteiger partial charge in [-0.3, -0.25) is 4.68 Å². The lowest BCUT2D eigenvalue weighted by Gasteiger charge is -2.21. The lowest BCUT2D eigenvalue weighted by atomic mass is 10.2. The van der Waals surface area contributed by atoms with Crippen molar-refractivity contribution in [1.82, 2.24) is 14.7 Å². The Bertz CT molecular complexity index is 504. The minimum Gasteiger partial charge on any atom is -0.370 e. The van der Waals surface area contributed by atoms with E-state index >= 15 is 0 Å². The lowest BCUT2D eigenvalue weighted by molar-refractivity contribution is -0.142. The summed E-state index contributed by atoms with van der Waals surface area (Å²) in [5.74, 6) is 0.314. The molecule has 0 saturated carbocycles. The third-order valence-corrected chi connectivity index (χ3v) is 3.51. The zero-order chi connectivity index (χ0) is 15.5. The molecule has 2 heterocycles. The fourth-order valence-corrected chi connectivity index (χ4v) is 2.46. The van der Waals surface area contributed by atoms with Gasteiger partial charge in [-0.1, -0.05) is 12.8 Å².